The van der Waals surface area contributed by atoms with E-state index in [1.807, 2.05) is 0 Å². The Morgan fingerprint density at radius 2 is 1.93 bits per heavy atom. The Bertz CT molecular complexity index is 1360. The molecule has 2 aliphatic rings. The first-order valence-electron chi connectivity index (χ1n) is 13.9. The van der Waals surface area contributed by atoms with Gasteiger partial charge >= 0.3 is 12.1 Å². The molecule has 1 aliphatic heterocycles. The maximum absolute atomic E-state index is 13.6. The first-order valence-corrected chi connectivity index (χ1v) is 13.9. The van der Waals surface area contributed by atoms with Crippen LogP contribution in [-0.4, -0.2) is 76.9 Å². The number of benzene rings is 1. The summed E-state index contributed by atoms with van der Waals surface area (Å²) in [6.07, 6.45) is 3.71. The molecule has 2 N–H and O–H groups in total. The van der Waals surface area contributed by atoms with Gasteiger partial charge in [0, 0.05) is 18.9 Å². The van der Waals surface area contributed by atoms with Gasteiger partial charge in [0.15, 0.2) is 5.69 Å². The summed E-state index contributed by atoms with van der Waals surface area (Å²) < 4.78 is 16.6. The molecule has 1 saturated heterocycles. The molecule has 3 atom stereocenters. The van der Waals surface area contributed by atoms with E-state index in [1.165, 1.54) is 31.3 Å². The molecule has 2 heterocycles. The highest BCUT2D eigenvalue weighted by Crippen LogP contribution is 2.34. The number of amides is 2. The van der Waals surface area contributed by atoms with Gasteiger partial charge in [0.05, 0.1) is 31.8 Å². The number of hydrogen-bond donors (Lipinski definition) is 2. The third-order valence-electron chi connectivity index (χ3n) is 7.34. The summed E-state index contributed by atoms with van der Waals surface area (Å²) in [5.41, 5.74) is 0.797. The fourth-order valence-electron chi connectivity index (χ4n) is 4.92. The van der Waals surface area contributed by atoms with Crippen LogP contribution in [0.3, 0.4) is 0 Å². The lowest BCUT2D eigenvalue weighted by Crippen LogP contribution is -2.56. The van der Waals surface area contributed by atoms with E-state index in [1.54, 1.807) is 46.1 Å². The minimum Gasteiger partial charge on any atom is -0.497 e. The Balaban J connectivity index is 1.61. The molecule has 2 fully saturated rings. The quantitative estimate of drug-likeness (QED) is 0.264. The van der Waals surface area contributed by atoms with E-state index in [4.69, 9.17) is 19.2 Å². The molecule has 1 aliphatic carbocycles. The summed E-state index contributed by atoms with van der Waals surface area (Å²) >= 11 is 0. The molecule has 0 radical (unpaired) electrons. The molecule has 0 bridgehead atoms. The fraction of sp³-hybridized carbons (Fsp3) is 0.567. The number of methoxy groups -OCH3 is 2. The minimum absolute atomic E-state index is 0.0264. The van der Waals surface area contributed by atoms with Crippen molar-refractivity contribution < 1.29 is 33.7 Å². The zero-order valence-electron chi connectivity index (χ0n) is 24.2. The lowest BCUT2D eigenvalue weighted by molar-refractivity contribution is -0.152. The maximum atomic E-state index is 13.6. The van der Waals surface area contributed by atoms with Crippen LogP contribution in [0, 0.1) is 23.2 Å². The average Bonchev–Trinajstić information content (AvgIpc) is 3.66. The molecular weight excluding hydrogens is 528 g/mol. The van der Waals surface area contributed by atoms with Crippen molar-refractivity contribution in [2.24, 2.45) is 11.3 Å². The Hall–Kier alpha value is -4.07. The van der Waals surface area contributed by atoms with Crippen LogP contribution in [0.2, 0.25) is 0 Å². The third kappa shape index (κ3) is 7.57. The third-order valence-corrected chi connectivity index (χ3v) is 7.34. The fourth-order valence-corrected chi connectivity index (χ4v) is 4.92. The number of hydrogen-bond acceptors (Lipinski definition) is 8. The zero-order chi connectivity index (χ0) is 29.7. The molecule has 1 saturated carbocycles. The van der Waals surface area contributed by atoms with Crippen molar-refractivity contribution in [2.45, 2.75) is 77.5 Å². The number of rotatable bonds is 9. The molecule has 220 valence electrons. The topological polar surface area (TPSA) is 140 Å². The highest BCUT2D eigenvalue weighted by Gasteiger charge is 2.46. The van der Waals surface area contributed by atoms with Gasteiger partial charge in [-0.2, -0.15) is 0 Å². The summed E-state index contributed by atoms with van der Waals surface area (Å²) in [6.45, 7) is 5.27. The van der Waals surface area contributed by atoms with Crippen molar-refractivity contribution >= 4 is 29.0 Å². The molecule has 41 heavy (non-hydrogen) atoms. The van der Waals surface area contributed by atoms with Crippen LogP contribution in [0.25, 0.3) is 11.0 Å². The van der Waals surface area contributed by atoms with Crippen molar-refractivity contribution in [3.8, 4) is 23.5 Å². The summed E-state index contributed by atoms with van der Waals surface area (Å²) in [5.74, 6) is 6.80. The standard InChI is InChI=1S/C30H38N4O7/c1-30(2,3)25(33-29(37)38)27(35)34-17-20(16-24(34)28(36)40-5)41-26-22(10-8-6-7-9-18-11-12-18)31-21-14-13-19(39-4)15-23(21)32-26/h13-15,18,20,24-25,33H,6-7,9,11-12,16-17H2,1-5H3,(H,37,38)/t20-,24+,25-/m1/s1. The highest BCUT2D eigenvalue weighted by molar-refractivity contribution is 5.90. The van der Waals surface area contributed by atoms with E-state index in [2.05, 4.69) is 22.1 Å². The van der Waals surface area contributed by atoms with Crippen LogP contribution in [0.1, 0.15) is 65.0 Å². The van der Waals surface area contributed by atoms with Gasteiger partial charge in [0.2, 0.25) is 11.8 Å². The average molecular weight is 567 g/mol. The summed E-state index contributed by atoms with van der Waals surface area (Å²) in [5, 5.41) is 11.7. The lowest BCUT2D eigenvalue weighted by Gasteiger charge is -2.34. The molecule has 11 heteroatoms. The first-order chi connectivity index (χ1) is 19.5. The molecule has 2 aromatic rings. The predicted octanol–water partition coefficient (Wildman–Crippen LogP) is 3.77. The Morgan fingerprint density at radius 1 is 1.17 bits per heavy atom. The van der Waals surface area contributed by atoms with Crippen LogP contribution in [0.15, 0.2) is 18.2 Å². The predicted molar refractivity (Wildman–Crippen MR) is 150 cm³/mol. The van der Waals surface area contributed by atoms with E-state index < -0.39 is 41.6 Å². The molecule has 4 rings (SSSR count). The number of carbonyl (C=O) groups excluding carboxylic acids is 2. The Labute approximate surface area is 239 Å². The molecule has 0 spiro atoms. The summed E-state index contributed by atoms with van der Waals surface area (Å²) in [6, 6.07) is 3.30. The number of unbranched alkanes of at least 4 members (excludes halogenated alkanes) is 1. The van der Waals surface area contributed by atoms with Crippen molar-refractivity contribution in [3.05, 3.63) is 23.9 Å². The number of ether oxygens (including phenoxy) is 3. The second-order valence-electron chi connectivity index (χ2n) is 11.6. The molecule has 2 amide bonds. The number of nitrogens with one attached hydrogen (secondary N) is 1. The number of aromatic nitrogens is 2. The van der Waals surface area contributed by atoms with Gasteiger partial charge in [-0.25, -0.2) is 19.6 Å². The van der Waals surface area contributed by atoms with Gasteiger partial charge < -0.3 is 29.5 Å². The van der Waals surface area contributed by atoms with Gasteiger partial charge in [-0.1, -0.05) is 39.5 Å². The van der Waals surface area contributed by atoms with E-state index >= 15 is 0 Å². The van der Waals surface area contributed by atoms with Gasteiger partial charge in [0.25, 0.3) is 0 Å². The minimum atomic E-state index is -1.33. The van der Waals surface area contributed by atoms with E-state index in [9.17, 15) is 19.5 Å². The smallest absolute Gasteiger partial charge is 0.405 e. The van der Waals surface area contributed by atoms with E-state index in [0.717, 1.165) is 18.8 Å². The molecule has 11 nitrogen and oxygen atoms in total. The van der Waals surface area contributed by atoms with Crippen LogP contribution in [0.4, 0.5) is 4.79 Å². The number of likely N-dealkylation sites (tertiary alicyclic amines) is 1. The number of carbonyl (C=O) groups is 3. The molecule has 1 aromatic carbocycles. The monoisotopic (exact) mass is 566 g/mol. The zero-order valence-corrected chi connectivity index (χ0v) is 24.2. The van der Waals surface area contributed by atoms with Gasteiger partial charge in [-0.15, -0.1) is 0 Å². The Morgan fingerprint density at radius 3 is 2.56 bits per heavy atom. The van der Waals surface area contributed by atoms with Gasteiger partial charge in [-0.3, -0.25) is 4.79 Å². The molecule has 1 aromatic heterocycles. The number of carboxylic acid groups (broad SMARTS) is 1. The van der Waals surface area contributed by atoms with Crippen LogP contribution < -0.4 is 14.8 Å². The normalized spacial score (nSPS) is 19.2. The summed E-state index contributed by atoms with van der Waals surface area (Å²) in [7, 11) is 2.81. The van der Waals surface area contributed by atoms with Crippen LogP contribution in [-0.2, 0) is 14.3 Å². The van der Waals surface area contributed by atoms with E-state index in [0.29, 0.717) is 22.5 Å². The largest absolute Gasteiger partial charge is 0.497 e. The Kier molecular flexibility index (Phi) is 9.21. The van der Waals surface area contributed by atoms with E-state index in [-0.39, 0.29) is 18.8 Å². The molecule has 0 unspecified atom stereocenters. The second kappa shape index (κ2) is 12.6. The van der Waals surface area contributed by atoms with Crippen molar-refractivity contribution in [1.29, 1.82) is 0 Å². The number of fused-ring (bicyclic) bond motifs is 1. The van der Waals surface area contributed by atoms with Crippen molar-refractivity contribution in [1.82, 2.24) is 20.2 Å². The lowest BCUT2D eigenvalue weighted by atomic mass is 9.85. The van der Waals surface area contributed by atoms with Crippen LogP contribution >= 0.6 is 0 Å². The van der Waals surface area contributed by atoms with Gasteiger partial charge in [0.1, 0.15) is 23.9 Å². The highest BCUT2D eigenvalue weighted by atomic mass is 16.5. The first kappa shape index (κ1) is 29.9. The van der Waals surface area contributed by atoms with Crippen molar-refractivity contribution in [3.63, 3.8) is 0 Å². The second-order valence-corrected chi connectivity index (χ2v) is 11.6. The van der Waals surface area contributed by atoms with Crippen LogP contribution in [0.5, 0.6) is 11.6 Å². The number of nitrogens with zero attached hydrogens (tertiary/aromatic N) is 3. The SMILES string of the molecule is COC(=O)[C@@H]1C[C@@H](Oc2nc3cc(OC)ccc3nc2C#CCCCC2CC2)CN1C(=O)[C@@H](NC(=O)O)C(C)(C)C. The maximum Gasteiger partial charge on any atom is 0.405 e. The molecular formula is C30H38N4O7. The number of esters is 1. The summed E-state index contributed by atoms with van der Waals surface area (Å²) in [4.78, 5) is 48.5. The van der Waals surface area contributed by atoms with Gasteiger partial charge in [-0.05, 0) is 42.2 Å². The van der Waals surface area contributed by atoms with Crippen molar-refractivity contribution in [2.75, 3.05) is 20.8 Å².